The van der Waals surface area contributed by atoms with Crippen molar-refractivity contribution in [3.05, 3.63) is 66.1 Å². The number of esters is 1. The second kappa shape index (κ2) is 11.9. The lowest BCUT2D eigenvalue weighted by Crippen LogP contribution is -2.43. The van der Waals surface area contributed by atoms with Gasteiger partial charge in [0.1, 0.15) is 23.5 Å². The van der Waals surface area contributed by atoms with Crippen LogP contribution in [0.3, 0.4) is 0 Å². The lowest BCUT2D eigenvalue weighted by Gasteiger charge is -2.34. The number of pyridine rings is 2. The molecule has 9 heteroatoms. The lowest BCUT2D eigenvalue weighted by atomic mass is 10.0. The van der Waals surface area contributed by atoms with E-state index in [2.05, 4.69) is 26.3 Å². The van der Waals surface area contributed by atoms with Crippen LogP contribution < -0.4 is 10.1 Å². The topological polar surface area (TPSA) is 102 Å². The number of rotatable bonds is 9. The van der Waals surface area contributed by atoms with Crippen LogP contribution in [0.1, 0.15) is 51.0 Å². The monoisotopic (exact) mass is 545 g/mol. The minimum absolute atomic E-state index is 0.126. The van der Waals surface area contributed by atoms with Crippen molar-refractivity contribution in [1.29, 1.82) is 0 Å². The van der Waals surface area contributed by atoms with Gasteiger partial charge in [-0.25, -0.2) is 4.98 Å². The van der Waals surface area contributed by atoms with Crippen molar-refractivity contribution in [2.45, 2.75) is 64.4 Å². The zero-order chi connectivity index (χ0) is 28.3. The van der Waals surface area contributed by atoms with E-state index in [1.54, 1.807) is 19.5 Å². The second-order valence-corrected chi connectivity index (χ2v) is 11.5. The quantitative estimate of drug-likeness (QED) is 0.302. The normalized spacial score (nSPS) is 15.9. The summed E-state index contributed by atoms with van der Waals surface area (Å²) in [6.45, 7) is 8.74. The molecule has 1 fully saturated rings. The van der Waals surface area contributed by atoms with E-state index in [1.165, 1.54) is 0 Å². The largest absolute Gasteiger partial charge is 0.497 e. The first-order valence-corrected chi connectivity index (χ1v) is 13.9. The third-order valence-corrected chi connectivity index (χ3v) is 7.38. The molecule has 4 heterocycles. The maximum Gasteiger partial charge on any atom is 0.326 e. The number of benzene rings is 1. The van der Waals surface area contributed by atoms with Gasteiger partial charge in [0.15, 0.2) is 0 Å². The van der Waals surface area contributed by atoms with E-state index in [1.807, 2.05) is 61.7 Å². The van der Waals surface area contributed by atoms with Gasteiger partial charge in [0.25, 0.3) is 0 Å². The number of ether oxygens (including phenoxy) is 2. The summed E-state index contributed by atoms with van der Waals surface area (Å²) >= 11 is 0. The molecule has 0 saturated carbocycles. The minimum atomic E-state index is -0.613. The van der Waals surface area contributed by atoms with E-state index in [9.17, 15) is 9.90 Å². The van der Waals surface area contributed by atoms with Crippen LogP contribution in [0.4, 0.5) is 0 Å². The van der Waals surface area contributed by atoms with E-state index in [0.717, 1.165) is 64.9 Å². The van der Waals surface area contributed by atoms with Crippen LogP contribution >= 0.6 is 0 Å². The fourth-order valence-electron chi connectivity index (χ4n) is 5.44. The molecule has 0 spiro atoms. The number of hydrogen-bond acceptors (Lipinski definition) is 8. The Balaban J connectivity index is 1.18. The van der Waals surface area contributed by atoms with E-state index in [4.69, 9.17) is 9.47 Å². The molecule has 1 aromatic carbocycles. The van der Waals surface area contributed by atoms with Crippen molar-refractivity contribution < 1.29 is 19.4 Å². The number of methoxy groups -OCH3 is 1. The molecule has 1 aliphatic rings. The number of likely N-dealkylation sites (tertiary alicyclic amines) is 1. The van der Waals surface area contributed by atoms with Crippen LogP contribution in [0.15, 0.2) is 54.9 Å². The number of aromatic nitrogens is 3. The maximum absolute atomic E-state index is 12.6. The van der Waals surface area contributed by atoms with Crippen molar-refractivity contribution >= 4 is 27.9 Å². The highest BCUT2D eigenvalue weighted by atomic mass is 16.6. The number of hydrogen-bond donors (Lipinski definition) is 2. The summed E-state index contributed by atoms with van der Waals surface area (Å²) in [5.74, 6) is 0.478. The van der Waals surface area contributed by atoms with Gasteiger partial charge < -0.3 is 29.4 Å². The summed E-state index contributed by atoms with van der Waals surface area (Å²) in [5, 5.41) is 16.7. The molecule has 1 aliphatic heterocycles. The summed E-state index contributed by atoms with van der Waals surface area (Å²) < 4.78 is 12.9. The Morgan fingerprint density at radius 2 is 1.93 bits per heavy atom. The van der Waals surface area contributed by atoms with Gasteiger partial charge >= 0.3 is 5.97 Å². The molecule has 40 heavy (non-hydrogen) atoms. The Kier molecular flexibility index (Phi) is 8.35. The molecule has 4 aromatic rings. The highest BCUT2D eigenvalue weighted by Crippen LogP contribution is 2.28. The highest BCUT2D eigenvalue weighted by molar-refractivity contribution is 5.84. The van der Waals surface area contributed by atoms with Crippen LogP contribution in [0.2, 0.25) is 0 Å². The average molecular weight is 546 g/mol. The molecule has 2 N–H and O–H groups in total. The number of nitrogens with one attached hydrogen (secondary N) is 1. The van der Waals surface area contributed by atoms with Crippen LogP contribution in [-0.4, -0.2) is 68.9 Å². The summed E-state index contributed by atoms with van der Waals surface area (Å²) in [4.78, 5) is 23.9. The van der Waals surface area contributed by atoms with Crippen LogP contribution in [0, 0.1) is 0 Å². The van der Waals surface area contributed by atoms with Gasteiger partial charge in [-0.1, -0.05) is 0 Å². The molecule has 0 aliphatic carbocycles. The molecule has 0 radical (unpaired) electrons. The minimum Gasteiger partial charge on any atom is -0.497 e. The lowest BCUT2D eigenvalue weighted by molar-refractivity contribution is -0.155. The number of piperidine rings is 1. The molecule has 9 nitrogen and oxygen atoms in total. The van der Waals surface area contributed by atoms with E-state index in [-0.39, 0.29) is 12.5 Å². The van der Waals surface area contributed by atoms with Crippen molar-refractivity contribution in [1.82, 2.24) is 24.8 Å². The van der Waals surface area contributed by atoms with Crippen molar-refractivity contribution in [3.63, 3.8) is 0 Å². The Hall–Kier alpha value is -3.53. The number of nitrogens with zero attached hydrogens (tertiary/aromatic N) is 4. The van der Waals surface area contributed by atoms with Gasteiger partial charge in [0.2, 0.25) is 0 Å². The molecule has 1 saturated heterocycles. The third-order valence-electron chi connectivity index (χ3n) is 7.38. The predicted molar refractivity (Wildman–Crippen MR) is 155 cm³/mol. The van der Waals surface area contributed by atoms with Crippen LogP contribution in [-0.2, 0) is 22.6 Å². The smallest absolute Gasteiger partial charge is 0.326 e. The molecular weight excluding hydrogens is 506 g/mol. The summed E-state index contributed by atoms with van der Waals surface area (Å²) in [7, 11) is 1.64. The van der Waals surface area contributed by atoms with Gasteiger partial charge in [-0.3, -0.25) is 9.78 Å². The first-order chi connectivity index (χ1) is 19.2. The SMILES string of the molecule is COc1ccc2nccc([C@@H](O)CN3CCC(NCc4cc5cccnc5n4CC(=O)OC(C)(C)C)CC3)c2c1. The zero-order valence-electron chi connectivity index (χ0n) is 23.8. The van der Waals surface area contributed by atoms with Crippen molar-refractivity contribution in [2.75, 3.05) is 26.7 Å². The Morgan fingerprint density at radius 1 is 1.12 bits per heavy atom. The predicted octanol–water partition coefficient (Wildman–Crippen LogP) is 4.22. The molecule has 0 bridgehead atoms. The first kappa shape index (κ1) is 28.0. The van der Waals surface area contributed by atoms with E-state index >= 15 is 0 Å². The number of β-amino-alcohol motifs (C(OH)–C–C–N with tert-alkyl or cyclic N) is 1. The molecule has 212 valence electrons. The van der Waals surface area contributed by atoms with Gasteiger partial charge in [0, 0.05) is 48.0 Å². The second-order valence-electron chi connectivity index (χ2n) is 11.5. The van der Waals surface area contributed by atoms with Crippen molar-refractivity contribution in [3.8, 4) is 5.75 Å². The first-order valence-electron chi connectivity index (χ1n) is 13.9. The number of aliphatic hydroxyl groups is 1. The Labute approximate surface area is 235 Å². The van der Waals surface area contributed by atoms with Gasteiger partial charge in [-0.2, -0.15) is 0 Å². The van der Waals surface area contributed by atoms with Crippen molar-refractivity contribution in [2.24, 2.45) is 0 Å². The standard InChI is InChI=1S/C31H39N5O4/c1-31(2,3)40-29(38)20-36-23(16-21-6-5-12-33-30(21)36)18-34-22-10-14-35(15-11-22)19-28(37)25-9-13-32-27-8-7-24(39-4)17-26(25)27/h5-9,12-13,16-17,22,28,34,37H,10-11,14-15,18-20H2,1-4H3/t28-/m0/s1. The summed E-state index contributed by atoms with van der Waals surface area (Å²) in [6.07, 6.45) is 4.84. The summed E-state index contributed by atoms with van der Waals surface area (Å²) in [5.41, 5.74) is 2.98. The molecular formula is C31H39N5O4. The van der Waals surface area contributed by atoms with E-state index in [0.29, 0.717) is 19.1 Å². The zero-order valence-corrected chi connectivity index (χ0v) is 23.8. The van der Waals surface area contributed by atoms with Gasteiger partial charge in [-0.05, 0) is 94.7 Å². The maximum atomic E-state index is 12.6. The molecule has 0 amide bonds. The van der Waals surface area contributed by atoms with Gasteiger partial charge in [0.05, 0.1) is 18.7 Å². The highest BCUT2D eigenvalue weighted by Gasteiger charge is 2.24. The molecule has 3 aromatic heterocycles. The number of fused-ring (bicyclic) bond motifs is 2. The third kappa shape index (κ3) is 6.60. The molecule has 0 unspecified atom stereocenters. The average Bonchev–Trinajstić information content (AvgIpc) is 3.27. The fourth-order valence-corrected chi connectivity index (χ4v) is 5.44. The Morgan fingerprint density at radius 3 is 2.67 bits per heavy atom. The van der Waals surface area contributed by atoms with Crippen LogP contribution in [0.25, 0.3) is 21.9 Å². The number of carbonyl (C=O) groups excluding carboxylic acids is 1. The summed E-state index contributed by atoms with van der Waals surface area (Å²) in [6, 6.07) is 14.0. The van der Waals surface area contributed by atoms with Crippen LogP contribution in [0.5, 0.6) is 5.75 Å². The fraction of sp³-hybridized carbons (Fsp3) is 0.452. The Bertz CT molecular complexity index is 1470. The van der Waals surface area contributed by atoms with E-state index < -0.39 is 11.7 Å². The molecule has 1 atom stereocenters. The number of carbonyl (C=O) groups is 1. The molecule has 5 rings (SSSR count). The number of aliphatic hydroxyl groups excluding tert-OH is 1. The van der Waals surface area contributed by atoms with Gasteiger partial charge in [-0.15, -0.1) is 0 Å².